The molecule has 134 valence electrons. The van der Waals surface area contributed by atoms with Crippen LogP contribution in [0, 0.1) is 40.4 Å². The predicted octanol–water partition coefficient (Wildman–Crippen LogP) is 2.36. The van der Waals surface area contributed by atoms with Crippen LogP contribution in [0.3, 0.4) is 0 Å². The Hall–Kier alpha value is -0.740. The minimum atomic E-state index is -0.584. The summed E-state index contributed by atoms with van der Waals surface area (Å²) in [5.74, 6) is 1.21. The van der Waals surface area contributed by atoms with Gasteiger partial charge in [0.15, 0.2) is 0 Å². The van der Waals surface area contributed by atoms with Gasteiger partial charge < -0.3 is 10.2 Å². The molecule has 4 nitrogen and oxygen atoms in total. The highest BCUT2D eigenvalue weighted by Gasteiger charge is 2.64. The van der Waals surface area contributed by atoms with Crippen molar-refractivity contribution in [3.8, 4) is 0 Å². The van der Waals surface area contributed by atoms with Crippen molar-refractivity contribution in [3.05, 3.63) is 0 Å². The van der Waals surface area contributed by atoms with Gasteiger partial charge in [-0.15, -0.1) is 0 Å². The zero-order valence-corrected chi connectivity index (χ0v) is 14.8. The fraction of sp³-hybridized carbons (Fsp3) is 0.900. The average molecular weight is 334 g/mol. The third-order valence-corrected chi connectivity index (χ3v) is 8.69. The van der Waals surface area contributed by atoms with Gasteiger partial charge in [0.2, 0.25) is 0 Å². The summed E-state index contributed by atoms with van der Waals surface area (Å²) in [7, 11) is 0. The highest BCUT2D eigenvalue weighted by Crippen LogP contribution is 2.66. The molecule has 0 saturated heterocycles. The van der Waals surface area contributed by atoms with Crippen LogP contribution in [0.2, 0.25) is 0 Å². The van der Waals surface area contributed by atoms with Gasteiger partial charge in [0.05, 0.1) is 6.10 Å². The molecule has 0 radical (unpaired) electrons. The lowest BCUT2D eigenvalue weighted by molar-refractivity contribution is -0.196. The number of hydrogen-bond donors (Lipinski definition) is 2. The number of rotatable bonds is 1. The molecule has 0 aromatic heterocycles. The lowest BCUT2D eigenvalue weighted by Crippen LogP contribution is -2.62. The Kier molecular flexibility index (Phi) is 3.74. The lowest BCUT2D eigenvalue weighted by atomic mass is 9.42. The normalized spacial score (nSPS) is 54.2. The molecule has 0 bridgehead atoms. The second-order valence-electron chi connectivity index (χ2n) is 9.40. The zero-order chi connectivity index (χ0) is 17.3. The van der Waals surface area contributed by atoms with E-state index in [0.717, 1.165) is 25.7 Å². The highest BCUT2D eigenvalue weighted by molar-refractivity contribution is 5.87. The van der Waals surface area contributed by atoms with Gasteiger partial charge in [-0.2, -0.15) is 0 Å². The van der Waals surface area contributed by atoms with Gasteiger partial charge >= 0.3 is 0 Å². The number of aliphatic hydroxyl groups excluding tert-OH is 2. The van der Waals surface area contributed by atoms with Crippen molar-refractivity contribution in [2.75, 3.05) is 6.61 Å². The van der Waals surface area contributed by atoms with E-state index in [1.165, 1.54) is 0 Å². The van der Waals surface area contributed by atoms with Crippen molar-refractivity contribution in [3.63, 3.8) is 0 Å². The first-order chi connectivity index (χ1) is 11.3. The summed E-state index contributed by atoms with van der Waals surface area (Å²) < 4.78 is 0. The molecule has 0 heterocycles. The van der Waals surface area contributed by atoms with Gasteiger partial charge in [-0.1, -0.05) is 13.8 Å². The zero-order valence-electron chi connectivity index (χ0n) is 14.8. The number of carbonyl (C=O) groups excluding carboxylic acids is 2. The van der Waals surface area contributed by atoms with E-state index in [0.29, 0.717) is 31.0 Å². The van der Waals surface area contributed by atoms with Crippen LogP contribution >= 0.6 is 0 Å². The van der Waals surface area contributed by atoms with E-state index in [2.05, 4.69) is 13.8 Å². The molecule has 24 heavy (non-hydrogen) atoms. The Balaban J connectivity index is 1.76. The molecule has 4 fully saturated rings. The molecule has 2 N–H and O–H groups in total. The Morgan fingerprint density at radius 1 is 1.04 bits per heavy atom. The van der Waals surface area contributed by atoms with Gasteiger partial charge in [-0.3, -0.25) is 9.59 Å². The molecule has 4 aliphatic carbocycles. The average Bonchev–Trinajstić information content (AvgIpc) is 2.85. The van der Waals surface area contributed by atoms with Crippen LogP contribution in [0.1, 0.15) is 58.8 Å². The molecule has 4 rings (SSSR count). The Bertz CT molecular complexity index is 572. The van der Waals surface area contributed by atoms with E-state index < -0.39 is 6.10 Å². The molecule has 4 aliphatic rings. The second kappa shape index (κ2) is 5.38. The monoisotopic (exact) mass is 334 g/mol. The Morgan fingerprint density at radius 2 is 1.79 bits per heavy atom. The van der Waals surface area contributed by atoms with Crippen molar-refractivity contribution < 1.29 is 19.8 Å². The van der Waals surface area contributed by atoms with E-state index in [-0.39, 0.29) is 46.9 Å². The minimum Gasteiger partial charge on any atom is -0.396 e. The fourth-order valence-electron chi connectivity index (χ4n) is 7.25. The minimum absolute atomic E-state index is 0.0121. The second-order valence-corrected chi connectivity index (χ2v) is 9.40. The predicted molar refractivity (Wildman–Crippen MR) is 89.1 cm³/mol. The molecule has 0 aromatic rings. The van der Waals surface area contributed by atoms with Crippen LogP contribution in [0.4, 0.5) is 0 Å². The third-order valence-electron chi connectivity index (χ3n) is 8.69. The van der Waals surface area contributed by atoms with E-state index in [1.807, 2.05) is 0 Å². The van der Waals surface area contributed by atoms with Crippen molar-refractivity contribution in [1.82, 2.24) is 0 Å². The summed E-state index contributed by atoms with van der Waals surface area (Å²) in [6, 6.07) is 0. The SMILES string of the molecule is C[C@]12CCC(=O)CC1[C@@H](CO)[C@@H](O)C1C2CC[C@]2(C)C(=O)CCC12. The molecule has 0 spiro atoms. The van der Waals surface area contributed by atoms with Crippen LogP contribution in [0.25, 0.3) is 0 Å². The maximum atomic E-state index is 12.5. The molecular weight excluding hydrogens is 304 g/mol. The first-order valence-electron chi connectivity index (χ1n) is 9.67. The summed E-state index contributed by atoms with van der Waals surface area (Å²) in [4.78, 5) is 24.5. The highest BCUT2D eigenvalue weighted by atomic mass is 16.3. The van der Waals surface area contributed by atoms with Crippen LogP contribution < -0.4 is 0 Å². The third kappa shape index (κ3) is 1.99. The quantitative estimate of drug-likeness (QED) is 0.772. The van der Waals surface area contributed by atoms with Gasteiger partial charge in [-0.25, -0.2) is 0 Å². The Morgan fingerprint density at radius 3 is 2.50 bits per heavy atom. The molecule has 4 unspecified atom stereocenters. The molecular formula is C20H30O4. The van der Waals surface area contributed by atoms with Crippen molar-refractivity contribution in [2.24, 2.45) is 40.4 Å². The molecule has 8 atom stereocenters. The standard InChI is InChI=1S/C20H30O4/c1-19-7-5-11(22)9-15(19)12(10-21)18(24)17-13-3-4-16(23)20(13,2)8-6-14(17)19/h12-15,17-18,21,24H,3-10H2,1-2H3/t12-,13?,14?,15?,17?,18-,19-,20+/m1/s1. The van der Waals surface area contributed by atoms with E-state index in [9.17, 15) is 19.8 Å². The number of hydrogen-bond acceptors (Lipinski definition) is 4. The van der Waals surface area contributed by atoms with Crippen molar-refractivity contribution in [2.45, 2.75) is 64.9 Å². The van der Waals surface area contributed by atoms with Gasteiger partial charge in [0.25, 0.3) is 0 Å². The summed E-state index contributed by atoms with van der Waals surface area (Å²) in [5.41, 5.74) is -0.270. The van der Waals surface area contributed by atoms with E-state index >= 15 is 0 Å². The van der Waals surface area contributed by atoms with Gasteiger partial charge in [-0.05, 0) is 54.8 Å². The van der Waals surface area contributed by atoms with Crippen molar-refractivity contribution in [1.29, 1.82) is 0 Å². The molecule has 0 amide bonds. The number of carbonyl (C=O) groups is 2. The summed E-state index contributed by atoms with van der Waals surface area (Å²) in [6.07, 6.45) is 4.83. The summed E-state index contributed by atoms with van der Waals surface area (Å²) in [5, 5.41) is 21.2. The summed E-state index contributed by atoms with van der Waals surface area (Å²) in [6.45, 7) is 4.33. The van der Waals surface area contributed by atoms with Crippen LogP contribution in [-0.4, -0.2) is 34.5 Å². The fourth-order valence-corrected chi connectivity index (χ4v) is 7.25. The van der Waals surface area contributed by atoms with Crippen LogP contribution in [0.15, 0.2) is 0 Å². The number of aliphatic hydroxyl groups is 2. The molecule has 0 aromatic carbocycles. The van der Waals surface area contributed by atoms with E-state index in [1.54, 1.807) is 0 Å². The van der Waals surface area contributed by atoms with Crippen molar-refractivity contribution >= 4 is 11.6 Å². The summed E-state index contributed by atoms with van der Waals surface area (Å²) >= 11 is 0. The smallest absolute Gasteiger partial charge is 0.139 e. The van der Waals surface area contributed by atoms with Gasteiger partial charge in [0.1, 0.15) is 11.6 Å². The van der Waals surface area contributed by atoms with Gasteiger partial charge in [0, 0.05) is 37.2 Å². The van der Waals surface area contributed by atoms with E-state index in [4.69, 9.17) is 0 Å². The number of fused-ring (bicyclic) bond motifs is 5. The van der Waals surface area contributed by atoms with Crippen LogP contribution in [0.5, 0.6) is 0 Å². The molecule has 0 aliphatic heterocycles. The lowest BCUT2D eigenvalue weighted by Gasteiger charge is -2.63. The maximum Gasteiger partial charge on any atom is 0.139 e. The topological polar surface area (TPSA) is 74.6 Å². The Labute approximate surface area is 144 Å². The number of Topliss-reactive ketones (excluding diaryl/α,β-unsaturated/α-hetero) is 2. The first kappa shape index (κ1) is 16.7. The van der Waals surface area contributed by atoms with Crippen LogP contribution in [-0.2, 0) is 9.59 Å². The molecule has 4 heteroatoms. The molecule has 4 saturated carbocycles. The maximum absolute atomic E-state index is 12.5. The number of ketones is 2. The first-order valence-corrected chi connectivity index (χ1v) is 9.67. The largest absolute Gasteiger partial charge is 0.396 e.